The van der Waals surface area contributed by atoms with Gasteiger partial charge in [0.2, 0.25) is 0 Å². The Labute approximate surface area is 128 Å². The van der Waals surface area contributed by atoms with Gasteiger partial charge in [-0.25, -0.2) is 4.79 Å². The largest absolute Gasteiger partial charge is 0.465 e. The van der Waals surface area contributed by atoms with Crippen LogP contribution < -0.4 is 10.5 Å². The van der Waals surface area contributed by atoms with Crippen LogP contribution in [0.2, 0.25) is 5.02 Å². The SMILES string of the molecule is COC(=O)c1cc(Oc2cc(C)c(Cl)c(C)c2)ccc1N. The molecule has 0 aromatic heterocycles. The topological polar surface area (TPSA) is 61.5 Å². The molecule has 0 fully saturated rings. The van der Waals surface area contributed by atoms with E-state index in [1.165, 1.54) is 7.11 Å². The van der Waals surface area contributed by atoms with Gasteiger partial charge in [0.25, 0.3) is 0 Å². The van der Waals surface area contributed by atoms with Crippen LogP contribution in [-0.4, -0.2) is 13.1 Å². The first kappa shape index (κ1) is 15.2. The number of nitrogens with two attached hydrogens (primary N) is 1. The maximum absolute atomic E-state index is 11.6. The van der Waals surface area contributed by atoms with Gasteiger partial charge >= 0.3 is 5.97 Å². The van der Waals surface area contributed by atoms with Gasteiger partial charge in [-0.3, -0.25) is 0 Å². The van der Waals surface area contributed by atoms with E-state index in [0.29, 0.717) is 17.2 Å². The molecule has 5 heteroatoms. The number of nitrogen functional groups attached to an aromatic ring is 1. The summed E-state index contributed by atoms with van der Waals surface area (Å²) >= 11 is 6.13. The second kappa shape index (κ2) is 6.06. The molecule has 0 aliphatic carbocycles. The van der Waals surface area contributed by atoms with Gasteiger partial charge in [-0.2, -0.15) is 0 Å². The molecule has 0 atom stereocenters. The van der Waals surface area contributed by atoms with Gasteiger partial charge in [-0.05, 0) is 55.3 Å². The van der Waals surface area contributed by atoms with Gasteiger partial charge in [-0.15, -0.1) is 0 Å². The van der Waals surface area contributed by atoms with Crippen LogP contribution in [0.5, 0.6) is 11.5 Å². The monoisotopic (exact) mass is 305 g/mol. The van der Waals surface area contributed by atoms with E-state index in [9.17, 15) is 4.79 Å². The number of hydrogen-bond acceptors (Lipinski definition) is 4. The zero-order valence-corrected chi connectivity index (χ0v) is 12.8. The average Bonchev–Trinajstić information content (AvgIpc) is 2.46. The third-order valence-corrected chi connectivity index (χ3v) is 3.67. The minimum Gasteiger partial charge on any atom is -0.465 e. The summed E-state index contributed by atoms with van der Waals surface area (Å²) in [6.45, 7) is 3.82. The van der Waals surface area contributed by atoms with Crippen LogP contribution in [0.15, 0.2) is 30.3 Å². The smallest absolute Gasteiger partial charge is 0.340 e. The highest BCUT2D eigenvalue weighted by atomic mass is 35.5. The molecule has 0 saturated heterocycles. The molecule has 2 rings (SSSR count). The summed E-state index contributed by atoms with van der Waals surface area (Å²) in [4.78, 5) is 11.6. The van der Waals surface area contributed by atoms with Crippen molar-refractivity contribution < 1.29 is 14.3 Å². The quantitative estimate of drug-likeness (QED) is 0.684. The Morgan fingerprint density at radius 3 is 2.29 bits per heavy atom. The minimum absolute atomic E-state index is 0.275. The first-order chi connectivity index (χ1) is 9.92. The molecule has 0 bridgehead atoms. The predicted molar refractivity (Wildman–Crippen MR) is 83.2 cm³/mol. The lowest BCUT2D eigenvalue weighted by Crippen LogP contribution is -2.05. The molecule has 110 valence electrons. The summed E-state index contributed by atoms with van der Waals surface area (Å²) in [7, 11) is 1.31. The number of ether oxygens (including phenoxy) is 2. The van der Waals surface area contributed by atoms with Crippen molar-refractivity contribution >= 4 is 23.3 Å². The third-order valence-electron chi connectivity index (χ3n) is 3.08. The highest BCUT2D eigenvalue weighted by Crippen LogP contribution is 2.30. The Hall–Kier alpha value is -2.20. The van der Waals surface area contributed by atoms with Gasteiger partial charge in [0.15, 0.2) is 0 Å². The standard InChI is InChI=1S/C16H16ClNO3/c1-9-6-12(7-10(2)15(9)17)21-11-4-5-14(18)13(8-11)16(19)20-3/h4-8H,18H2,1-3H3. The van der Waals surface area contributed by atoms with Crippen LogP contribution in [0.3, 0.4) is 0 Å². The molecule has 0 saturated carbocycles. The van der Waals surface area contributed by atoms with E-state index in [-0.39, 0.29) is 5.56 Å². The van der Waals surface area contributed by atoms with Gasteiger partial charge in [0, 0.05) is 10.7 Å². The molecule has 0 heterocycles. The fourth-order valence-corrected chi connectivity index (χ4v) is 2.10. The molecular weight excluding hydrogens is 290 g/mol. The molecule has 2 aromatic carbocycles. The summed E-state index contributed by atoms with van der Waals surface area (Å²) in [6, 6.07) is 8.53. The number of halogens is 1. The van der Waals surface area contributed by atoms with Crippen LogP contribution in [0.25, 0.3) is 0 Å². The highest BCUT2D eigenvalue weighted by Gasteiger charge is 2.12. The zero-order valence-electron chi connectivity index (χ0n) is 12.1. The van der Waals surface area contributed by atoms with Crippen LogP contribution in [-0.2, 0) is 4.74 Å². The van der Waals surface area contributed by atoms with Gasteiger partial charge < -0.3 is 15.2 Å². The second-order valence-electron chi connectivity index (χ2n) is 4.71. The fourth-order valence-electron chi connectivity index (χ4n) is 1.99. The van der Waals surface area contributed by atoms with Crippen molar-refractivity contribution in [1.82, 2.24) is 0 Å². The van der Waals surface area contributed by atoms with Crippen molar-refractivity contribution in [2.24, 2.45) is 0 Å². The van der Waals surface area contributed by atoms with E-state index in [4.69, 9.17) is 22.1 Å². The molecule has 0 spiro atoms. The average molecular weight is 306 g/mol. The Balaban J connectivity index is 2.34. The van der Waals surface area contributed by atoms with Gasteiger partial charge in [-0.1, -0.05) is 11.6 Å². The maximum Gasteiger partial charge on any atom is 0.340 e. The van der Waals surface area contributed by atoms with Crippen molar-refractivity contribution in [3.05, 3.63) is 52.0 Å². The van der Waals surface area contributed by atoms with Crippen molar-refractivity contribution in [3.63, 3.8) is 0 Å². The maximum atomic E-state index is 11.6. The first-order valence-corrected chi connectivity index (χ1v) is 6.72. The summed E-state index contributed by atoms with van der Waals surface area (Å²) < 4.78 is 10.4. The molecule has 0 aliphatic rings. The molecular formula is C16H16ClNO3. The van der Waals surface area contributed by atoms with Gasteiger partial charge in [0.1, 0.15) is 11.5 Å². The lowest BCUT2D eigenvalue weighted by Gasteiger charge is -2.11. The third kappa shape index (κ3) is 3.28. The zero-order chi connectivity index (χ0) is 15.6. The second-order valence-corrected chi connectivity index (χ2v) is 5.09. The number of aryl methyl sites for hydroxylation is 2. The number of benzene rings is 2. The molecule has 21 heavy (non-hydrogen) atoms. The van der Waals surface area contributed by atoms with Gasteiger partial charge in [0.05, 0.1) is 12.7 Å². The van der Waals surface area contributed by atoms with Crippen LogP contribution in [0.1, 0.15) is 21.5 Å². The number of rotatable bonds is 3. The number of hydrogen-bond donors (Lipinski definition) is 1. The highest BCUT2D eigenvalue weighted by molar-refractivity contribution is 6.32. The van der Waals surface area contributed by atoms with Crippen LogP contribution in [0, 0.1) is 13.8 Å². The first-order valence-electron chi connectivity index (χ1n) is 6.35. The summed E-state index contributed by atoms with van der Waals surface area (Å²) in [6.07, 6.45) is 0. The number of methoxy groups -OCH3 is 1. The van der Waals surface area contributed by atoms with Crippen LogP contribution in [0.4, 0.5) is 5.69 Å². The summed E-state index contributed by atoms with van der Waals surface area (Å²) in [5.41, 5.74) is 8.23. The normalized spacial score (nSPS) is 10.3. The molecule has 0 unspecified atom stereocenters. The molecule has 2 aromatic rings. The van der Waals surface area contributed by atoms with E-state index in [1.54, 1.807) is 18.2 Å². The van der Waals surface area contributed by atoms with Crippen molar-refractivity contribution in [2.45, 2.75) is 13.8 Å². The Kier molecular flexibility index (Phi) is 4.38. The van der Waals surface area contributed by atoms with Crippen molar-refractivity contribution in [2.75, 3.05) is 12.8 Å². The predicted octanol–water partition coefficient (Wildman–Crippen LogP) is 4.12. The molecule has 0 radical (unpaired) electrons. The molecule has 4 nitrogen and oxygen atoms in total. The van der Waals surface area contributed by atoms with E-state index < -0.39 is 5.97 Å². The lowest BCUT2D eigenvalue weighted by atomic mass is 10.1. The van der Waals surface area contributed by atoms with E-state index in [2.05, 4.69) is 4.74 Å². The van der Waals surface area contributed by atoms with Crippen molar-refractivity contribution in [1.29, 1.82) is 0 Å². The Morgan fingerprint density at radius 2 is 1.71 bits per heavy atom. The molecule has 0 aliphatic heterocycles. The lowest BCUT2D eigenvalue weighted by molar-refractivity contribution is 0.0601. The summed E-state index contributed by atoms with van der Waals surface area (Å²) in [5, 5.41) is 0.718. The number of carbonyl (C=O) groups excluding carboxylic acids is 1. The van der Waals surface area contributed by atoms with Crippen molar-refractivity contribution in [3.8, 4) is 11.5 Å². The minimum atomic E-state index is -0.499. The summed E-state index contributed by atoms with van der Waals surface area (Å²) in [5.74, 6) is 0.655. The number of carbonyl (C=O) groups is 1. The Bertz CT molecular complexity index is 675. The molecule has 0 amide bonds. The van der Waals surface area contributed by atoms with E-state index >= 15 is 0 Å². The number of anilines is 1. The van der Waals surface area contributed by atoms with E-state index in [1.807, 2.05) is 26.0 Å². The fraction of sp³-hybridized carbons (Fsp3) is 0.188. The Morgan fingerprint density at radius 1 is 1.10 bits per heavy atom. The molecule has 2 N–H and O–H groups in total. The van der Waals surface area contributed by atoms with Crippen LogP contribution >= 0.6 is 11.6 Å². The number of esters is 1. The van der Waals surface area contributed by atoms with E-state index in [0.717, 1.165) is 16.1 Å².